The van der Waals surface area contributed by atoms with E-state index in [2.05, 4.69) is 34.5 Å². The van der Waals surface area contributed by atoms with Crippen molar-refractivity contribution in [3.63, 3.8) is 0 Å². The van der Waals surface area contributed by atoms with Crippen molar-refractivity contribution in [3.8, 4) is 11.5 Å². The lowest BCUT2D eigenvalue weighted by molar-refractivity contribution is 0.111. The number of urea groups is 1. The second-order valence-corrected chi connectivity index (χ2v) is 9.09. The average Bonchev–Trinajstić information content (AvgIpc) is 3.55. The van der Waals surface area contributed by atoms with E-state index in [0.717, 1.165) is 49.5 Å². The van der Waals surface area contributed by atoms with E-state index in [1.807, 2.05) is 59.5 Å². The van der Waals surface area contributed by atoms with Gasteiger partial charge >= 0.3 is 6.03 Å². The van der Waals surface area contributed by atoms with E-state index in [0.29, 0.717) is 18.1 Å². The third kappa shape index (κ3) is 3.63. The SMILES string of the molecule is O=C(Nc1ccc(Oc2ccccc2)cc1)N1CC2CC1CN2C1Cc2ccccc2C1. The summed E-state index contributed by atoms with van der Waals surface area (Å²) in [6.45, 7) is 1.80. The quantitative estimate of drug-likeness (QED) is 0.644. The third-order valence-electron chi connectivity index (χ3n) is 7.13. The fraction of sp³-hybridized carbons (Fsp3) is 0.296. The highest BCUT2D eigenvalue weighted by Crippen LogP contribution is 2.36. The van der Waals surface area contributed by atoms with Crippen LogP contribution in [0.15, 0.2) is 78.9 Å². The van der Waals surface area contributed by atoms with Crippen molar-refractivity contribution in [2.75, 3.05) is 18.4 Å². The molecule has 6 rings (SSSR count). The minimum Gasteiger partial charge on any atom is -0.457 e. The molecular weight excluding hydrogens is 398 g/mol. The first-order valence-corrected chi connectivity index (χ1v) is 11.5. The Hall–Kier alpha value is -3.31. The predicted octanol–water partition coefficient (Wildman–Crippen LogP) is 4.94. The Bertz CT molecular complexity index is 1090. The first-order chi connectivity index (χ1) is 15.7. The van der Waals surface area contributed by atoms with Gasteiger partial charge in [0.05, 0.1) is 0 Å². The van der Waals surface area contributed by atoms with Gasteiger partial charge in [-0.05, 0) is 66.8 Å². The summed E-state index contributed by atoms with van der Waals surface area (Å²) in [5.74, 6) is 1.55. The molecule has 2 fully saturated rings. The van der Waals surface area contributed by atoms with E-state index < -0.39 is 0 Å². The summed E-state index contributed by atoms with van der Waals surface area (Å²) in [4.78, 5) is 17.6. The van der Waals surface area contributed by atoms with Crippen molar-refractivity contribution in [1.29, 1.82) is 0 Å². The van der Waals surface area contributed by atoms with Crippen LogP contribution >= 0.6 is 0 Å². The Balaban J connectivity index is 1.05. The fourth-order valence-corrected chi connectivity index (χ4v) is 5.59. The molecule has 2 amide bonds. The molecule has 2 saturated heterocycles. The Kier molecular flexibility index (Phi) is 4.84. The number of carbonyl (C=O) groups excluding carboxylic acids is 1. The molecule has 32 heavy (non-hydrogen) atoms. The number of carbonyl (C=O) groups is 1. The summed E-state index contributed by atoms with van der Waals surface area (Å²) < 4.78 is 5.83. The van der Waals surface area contributed by atoms with Crippen molar-refractivity contribution >= 4 is 11.7 Å². The largest absolute Gasteiger partial charge is 0.457 e. The van der Waals surface area contributed by atoms with Gasteiger partial charge in [-0.2, -0.15) is 0 Å². The van der Waals surface area contributed by atoms with Crippen molar-refractivity contribution in [3.05, 3.63) is 90.0 Å². The summed E-state index contributed by atoms with van der Waals surface area (Å²) in [5.41, 5.74) is 3.78. The number of anilines is 1. The molecule has 2 aliphatic heterocycles. The van der Waals surface area contributed by atoms with Crippen LogP contribution in [0.25, 0.3) is 0 Å². The van der Waals surface area contributed by atoms with Crippen LogP contribution in [0.2, 0.25) is 0 Å². The standard InChI is InChI=1S/C27H27N3O2/c31-27(28-21-10-12-26(13-11-21)32-25-8-2-1-3-9-25)30-18-23-16-24(30)17-29(23)22-14-19-6-4-5-7-20(19)15-22/h1-13,22-24H,14-18H2,(H,28,31). The molecule has 5 heteroatoms. The molecule has 0 radical (unpaired) electrons. The lowest BCUT2D eigenvalue weighted by Crippen LogP contribution is -2.53. The van der Waals surface area contributed by atoms with Gasteiger partial charge in [0.25, 0.3) is 0 Å². The zero-order valence-electron chi connectivity index (χ0n) is 18.0. The van der Waals surface area contributed by atoms with Gasteiger partial charge in [-0.1, -0.05) is 42.5 Å². The van der Waals surface area contributed by atoms with Gasteiger partial charge in [-0.3, -0.25) is 4.90 Å². The Morgan fingerprint density at radius 2 is 1.41 bits per heavy atom. The van der Waals surface area contributed by atoms with E-state index >= 15 is 0 Å². The predicted molar refractivity (Wildman–Crippen MR) is 125 cm³/mol. The number of nitrogens with zero attached hydrogens (tertiary/aromatic N) is 2. The van der Waals surface area contributed by atoms with Gasteiger partial charge in [0.2, 0.25) is 0 Å². The van der Waals surface area contributed by atoms with Crippen LogP contribution in [0.4, 0.5) is 10.5 Å². The normalized spacial score (nSPS) is 22.2. The van der Waals surface area contributed by atoms with Crippen LogP contribution in [0.1, 0.15) is 17.5 Å². The van der Waals surface area contributed by atoms with Crippen LogP contribution in [-0.2, 0) is 12.8 Å². The minimum absolute atomic E-state index is 0.00332. The van der Waals surface area contributed by atoms with Crippen LogP contribution in [-0.4, -0.2) is 47.0 Å². The van der Waals surface area contributed by atoms with Gasteiger partial charge in [0.1, 0.15) is 11.5 Å². The topological polar surface area (TPSA) is 44.8 Å². The first kappa shape index (κ1) is 19.4. The van der Waals surface area contributed by atoms with Crippen molar-refractivity contribution in [2.45, 2.75) is 37.4 Å². The molecule has 1 N–H and O–H groups in total. The fourth-order valence-electron chi connectivity index (χ4n) is 5.59. The number of hydrogen-bond acceptors (Lipinski definition) is 3. The maximum atomic E-state index is 13.0. The Morgan fingerprint density at radius 3 is 2.06 bits per heavy atom. The number of likely N-dealkylation sites (tertiary alicyclic amines) is 2. The number of piperazine rings is 1. The Morgan fingerprint density at radius 1 is 0.750 bits per heavy atom. The highest BCUT2D eigenvalue weighted by Gasteiger charge is 2.48. The van der Waals surface area contributed by atoms with E-state index in [9.17, 15) is 4.79 Å². The van der Waals surface area contributed by atoms with Crippen molar-refractivity contribution < 1.29 is 9.53 Å². The summed E-state index contributed by atoms with van der Waals surface area (Å²) in [5, 5.41) is 3.07. The molecule has 3 aromatic carbocycles. The van der Waals surface area contributed by atoms with E-state index in [4.69, 9.17) is 4.74 Å². The molecule has 162 valence electrons. The molecule has 5 nitrogen and oxygen atoms in total. The number of rotatable bonds is 4. The molecule has 1 aliphatic carbocycles. The summed E-state index contributed by atoms with van der Waals surface area (Å²) in [7, 11) is 0. The lowest BCUT2D eigenvalue weighted by Gasteiger charge is -2.37. The van der Waals surface area contributed by atoms with Gasteiger partial charge in [0, 0.05) is 36.9 Å². The zero-order chi connectivity index (χ0) is 21.5. The number of ether oxygens (including phenoxy) is 1. The molecule has 3 aromatic rings. The van der Waals surface area contributed by atoms with Gasteiger partial charge < -0.3 is 15.0 Å². The van der Waals surface area contributed by atoms with Crippen LogP contribution < -0.4 is 10.1 Å². The second kappa shape index (κ2) is 7.99. The van der Waals surface area contributed by atoms with Gasteiger partial charge in [0.15, 0.2) is 0 Å². The number of amides is 2. The molecule has 3 aliphatic rings. The number of para-hydroxylation sites is 1. The number of fused-ring (bicyclic) bond motifs is 3. The molecule has 0 aromatic heterocycles. The molecule has 2 atom stereocenters. The maximum Gasteiger partial charge on any atom is 0.322 e. The van der Waals surface area contributed by atoms with E-state index in [1.54, 1.807) is 0 Å². The molecule has 2 unspecified atom stereocenters. The lowest BCUT2D eigenvalue weighted by atomic mass is 10.1. The van der Waals surface area contributed by atoms with Crippen LogP contribution in [0.3, 0.4) is 0 Å². The summed E-state index contributed by atoms with van der Waals surface area (Å²) in [6, 6.07) is 27.5. The second-order valence-electron chi connectivity index (χ2n) is 9.09. The highest BCUT2D eigenvalue weighted by molar-refractivity contribution is 5.90. The van der Waals surface area contributed by atoms with Crippen molar-refractivity contribution in [2.24, 2.45) is 0 Å². The van der Waals surface area contributed by atoms with Crippen LogP contribution in [0.5, 0.6) is 11.5 Å². The van der Waals surface area contributed by atoms with E-state index in [1.165, 1.54) is 11.1 Å². The smallest absolute Gasteiger partial charge is 0.322 e. The van der Waals surface area contributed by atoms with Gasteiger partial charge in [-0.25, -0.2) is 4.79 Å². The first-order valence-electron chi connectivity index (χ1n) is 11.5. The molecule has 0 spiro atoms. The summed E-state index contributed by atoms with van der Waals surface area (Å²) >= 11 is 0. The monoisotopic (exact) mass is 425 g/mol. The van der Waals surface area contributed by atoms with E-state index in [-0.39, 0.29) is 6.03 Å². The van der Waals surface area contributed by atoms with Crippen molar-refractivity contribution in [1.82, 2.24) is 9.80 Å². The average molecular weight is 426 g/mol. The number of benzene rings is 3. The molecule has 2 heterocycles. The number of nitrogens with one attached hydrogen (secondary N) is 1. The summed E-state index contributed by atoms with van der Waals surface area (Å²) in [6.07, 6.45) is 3.37. The van der Waals surface area contributed by atoms with Gasteiger partial charge in [-0.15, -0.1) is 0 Å². The molecule has 0 saturated carbocycles. The number of hydrogen-bond donors (Lipinski definition) is 1. The highest BCUT2D eigenvalue weighted by atomic mass is 16.5. The third-order valence-corrected chi connectivity index (χ3v) is 7.13. The maximum absolute atomic E-state index is 13.0. The molecular formula is C27H27N3O2. The Labute approximate surface area is 188 Å². The minimum atomic E-state index is 0.00332. The van der Waals surface area contributed by atoms with Crippen LogP contribution in [0, 0.1) is 0 Å². The molecule has 2 bridgehead atoms. The zero-order valence-corrected chi connectivity index (χ0v) is 18.0.